The quantitative estimate of drug-likeness (QED) is 0.719. The molecular formula is C15H23N. The highest BCUT2D eigenvalue weighted by Gasteiger charge is 2.06. The lowest BCUT2D eigenvalue weighted by molar-refractivity contribution is 0.519. The van der Waals surface area contributed by atoms with Crippen molar-refractivity contribution in [3.8, 4) is 0 Å². The van der Waals surface area contributed by atoms with Crippen LogP contribution in [0.1, 0.15) is 30.9 Å². The van der Waals surface area contributed by atoms with Crippen LogP contribution >= 0.6 is 0 Å². The first-order valence-corrected chi connectivity index (χ1v) is 5.99. The molecule has 16 heavy (non-hydrogen) atoms. The molecule has 0 amide bonds. The van der Waals surface area contributed by atoms with Crippen molar-refractivity contribution < 1.29 is 0 Å². The van der Waals surface area contributed by atoms with Gasteiger partial charge in [-0.05, 0) is 45.7 Å². The molecule has 0 bridgehead atoms. The number of hydrogen-bond donors (Lipinski definition) is 1. The van der Waals surface area contributed by atoms with Gasteiger partial charge in [-0.2, -0.15) is 0 Å². The van der Waals surface area contributed by atoms with E-state index in [1.54, 1.807) is 0 Å². The molecule has 88 valence electrons. The lowest BCUT2D eigenvalue weighted by atomic mass is 10.00. The van der Waals surface area contributed by atoms with Crippen molar-refractivity contribution in [2.45, 2.75) is 39.2 Å². The van der Waals surface area contributed by atoms with Gasteiger partial charge in [-0.25, -0.2) is 0 Å². The largest absolute Gasteiger partial charge is 0.317 e. The molecule has 0 radical (unpaired) electrons. The average Bonchev–Trinajstić information content (AvgIpc) is 2.26. The van der Waals surface area contributed by atoms with Crippen LogP contribution in [0, 0.1) is 6.92 Å². The van der Waals surface area contributed by atoms with E-state index in [2.05, 4.69) is 50.0 Å². The maximum absolute atomic E-state index is 3.97. The van der Waals surface area contributed by atoms with Crippen molar-refractivity contribution in [1.82, 2.24) is 5.32 Å². The predicted octanol–water partition coefficient (Wildman–Crippen LogP) is 3.48. The monoisotopic (exact) mass is 217 g/mol. The number of nitrogens with one attached hydrogen (secondary N) is 1. The normalized spacial score (nSPS) is 12.4. The Morgan fingerprint density at radius 3 is 2.44 bits per heavy atom. The SMILES string of the molecule is C=C(C)CC(CCc1ccc(C)cc1)NC. The van der Waals surface area contributed by atoms with Crippen LogP contribution in [0.25, 0.3) is 0 Å². The van der Waals surface area contributed by atoms with E-state index in [0.717, 1.165) is 12.8 Å². The van der Waals surface area contributed by atoms with Crippen LogP contribution in [-0.2, 0) is 6.42 Å². The fourth-order valence-corrected chi connectivity index (χ4v) is 1.86. The zero-order chi connectivity index (χ0) is 12.0. The van der Waals surface area contributed by atoms with Crippen molar-refractivity contribution in [1.29, 1.82) is 0 Å². The molecule has 0 heterocycles. The Balaban J connectivity index is 2.43. The molecule has 1 rings (SSSR count). The topological polar surface area (TPSA) is 12.0 Å². The molecule has 1 aromatic rings. The molecule has 1 N–H and O–H groups in total. The number of hydrogen-bond acceptors (Lipinski definition) is 1. The molecular weight excluding hydrogens is 194 g/mol. The third kappa shape index (κ3) is 4.63. The van der Waals surface area contributed by atoms with Gasteiger partial charge in [-0.3, -0.25) is 0 Å². The summed E-state index contributed by atoms with van der Waals surface area (Å²) in [5, 5.41) is 3.35. The van der Waals surface area contributed by atoms with Gasteiger partial charge in [0.05, 0.1) is 0 Å². The number of aryl methyl sites for hydroxylation is 2. The van der Waals surface area contributed by atoms with Crippen LogP contribution in [0.15, 0.2) is 36.4 Å². The molecule has 1 atom stereocenters. The summed E-state index contributed by atoms with van der Waals surface area (Å²) in [4.78, 5) is 0. The third-order valence-corrected chi connectivity index (χ3v) is 2.91. The molecule has 1 heteroatoms. The third-order valence-electron chi connectivity index (χ3n) is 2.91. The number of rotatable bonds is 6. The van der Waals surface area contributed by atoms with E-state index < -0.39 is 0 Å². The highest BCUT2D eigenvalue weighted by atomic mass is 14.9. The molecule has 1 unspecified atom stereocenters. The van der Waals surface area contributed by atoms with Gasteiger partial charge < -0.3 is 5.32 Å². The van der Waals surface area contributed by atoms with Crippen LogP contribution in [0.5, 0.6) is 0 Å². The van der Waals surface area contributed by atoms with E-state index in [4.69, 9.17) is 0 Å². The van der Waals surface area contributed by atoms with Crippen molar-refractivity contribution in [2.24, 2.45) is 0 Å². The highest BCUT2D eigenvalue weighted by molar-refractivity contribution is 5.21. The molecule has 1 aromatic carbocycles. The summed E-state index contributed by atoms with van der Waals surface area (Å²) in [7, 11) is 2.03. The first-order chi connectivity index (χ1) is 7.61. The molecule has 0 aliphatic carbocycles. The maximum atomic E-state index is 3.97. The molecule has 0 aliphatic rings. The van der Waals surface area contributed by atoms with E-state index in [-0.39, 0.29) is 0 Å². The van der Waals surface area contributed by atoms with E-state index in [1.165, 1.54) is 23.1 Å². The minimum atomic E-state index is 0.554. The standard InChI is InChI=1S/C15H23N/c1-12(2)11-15(16-4)10-9-14-7-5-13(3)6-8-14/h5-8,15-16H,1,9-11H2,2-4H3. The zero-order valence-electron chi connectivity index (χ0n) is 10.7. The van der Waals surface area contributed by atoms with Crippen molar-refractivity contribution >= 4 is 0 Å². The van der Waals surface area contributed by atoms with Gasteiger partial charge >= 0.3 is 0 Å². The predicted molar refractivity (Wildman–Crippen MR) is 71.8 cm³/mol. The molecule has 0 saturated carbocycles. The van der Waals surface area contributed by atoms with E-state index in [1.807, 2.05) is 7.05 Å². The minimum Gasteiger partial charge on any atom is -0.317 e. The van der Waals surface area contributed by atoms with Gasteiger partial charge in [0.2, 0.25) is 0 Å². The van der Waals surface area contributed by atoms with Crippen LogP contribution < -0.4 is 5.32 Å². The Morgan fingerprint density at radius 1 is 1.31 bits per heavy atom. The minimum absolute atomic E-state index is 0.554. The average molecular weight is 217 g/mol. The van der Waals surface area contributed by atoms with Crippen molar-refractivity contribution in [2.75, 3.05) is 7.05 Å². The second kappa shape index (κ2) is 6.49. The summed E-state index contributed by atoms with van der Waals surface area (Å²) >= 11 is 0. The summed E-state index contributed by atoms with van der Waals surface area (Å²) < 4.78 is 0. The Kier molecular flexibility index (Phi) is 5.27. The Bertz CT molecular complexity index is 324. The molecule has 0 saturated heterocycles. The lowest BCUT2D eigenvalue weighted by Gasteiger charge is -2.16. The summed E-state index contributed by atoms with van der Waals surface area (Å²) in [5.74, 6) is 0. The van der Waals surface area contributed by atoms with E-state index >= 15 is 0 Å². The summed E-state index contributed by atoms with van der Waals surface area (Å²) in [6, 6.07) is 9.37. The number of benzene rings is 1. The van der Waals surface area contributed by atoms with E-state index in [9.17, 15) is 0 Å². The van der Waals surface area contributed by atoms with Crippen LogP contribution in [-0.4, -0.2) is 13.1 Å². The van der Waals surface area contributed by atoms with Gasteiger partial charge in [0, 0.05) is 6.04 Å². The molecule has 0 spiro atoms. The Labute approximate surface area is 99.6 Å². The van der Waals surface area contributed by atoms with Gasteiger partial charge in [-0.15, -0.1) is 6.58 Å². The van der Waals surface area contributed by atoms with Crippen LogP contribution in [0.3, 0.4) is 0 Å². The highest BCUT2D eigenvalue weighted by Crippen LogP contribution is 2.11. The summed E-state index contributed by atoms with van der Waals surface area (Å²) in [6.07, 6.45) is 3.38. The van der Waals surface area contributed by atoms with Crippen molar-refractivity contribution in [3.63, 3.8) is 0 Å². The second-order valence-electron chi connectivity index (χ2n) is 4.67. The van der Waals surface area contributed by atoms with Gasteiger partial charge in [0.1, 0.15) is 0 Å². The first-order valence-electron chi connectivity index (χ1n) is 5.99. The maximum Gasteiger partial charge on any atom is 0.0104 e. The van der Waals surface area contributed by atoms with Gasteiger partial charge in [-0.1, -0.05) is 35.4 Å². The summed E-state index contributed by atoms with van der Waals surface area (Å²) in [5.41, 5.74) is 4.01. The van der Waals surface area contributed by atoms with Crippen LogP contribution in [0.2, 0.25) is 0 Å². The van der Waals surface area contributed by atoms with E-state index in [0.29, 0.717) is 6.04 Å². The zero-order valence-corrected chi connectivity index (χ0v) is 10.7. The smallest absolute Gasteiger partial charge is 0.0104 e. The summed E-state index contributed by atoms with van der Waals surface area (Å²) in [6.45, 7) is 8.19. The fraction of sp³-hybridized carbons (Fsp3) is 0.467. The van der Waals surface area contributed by atoms with Gasteiger partial charge in [0.25, 0.3) is 0 Å². The Hall–Kier alpha value is -1.08. The first kappa shape index (κ1) is 13.0. The molecule has 0 aliphatic heterocycles. The van der Waals surface area contributed by atoms with Crippen LogP contribution in [0.4, 0.5) is 0 Å². The van der Waals surface area contributed by atoms with Gasteiger partial charge in [0.15, 0.2) is 0 Å². The molecule has 0 fully saturated rings. The van der Waals surface area contributed by atoms with Crippen molar-refractivity contribution in [3.05, 3.63) is 47.5 Å². The Morgan fingerprint density at radius 2 is 1.94 bits per heavy atom. The fourth-order valence-electron chi connectivity index (χ4n) is 1.86. The second-order valence-corrected chi connectivity index (χ2v) is 4.67. The molecule has 1 nitrogen and oxygen atoms in total. The molecule has 0 aromatic heterocycles. The lowest BCUT2D eigenvalue weighted by Crippen LogP contribution is -2.25.